The van der Waals surface area contributed by atoms with Crippen molar-refractivity contribution in [2.45, 2.75) is 5.66 Å². The van der Waals surface area contributed by atoms with Crippen molar-refractivity contribution in [3.63, 3.8) is 0 Å². The van der Waals surface area contributed by atoms with E-state index in [-0.39, 0.29) is 0 Å². The second-order valence-electron chi connectivity index (χ2n) is 3.18. The van der Waals surface area contributed by atoms with Crippen molar-refractivity contribution in [1.82, 2.24) is 10.3 Å². The van der Waals surface area contributed by atoms with Crippen LogP contribution in [0.15, 0.2) is 42.6 Å². The van der Waals surface area contributed by atoms with Crippen LogP contribution < -0.4 is 16.8 Å². The average Bonchev–Trinajstić information content (AvgIpc) is 2.19. The molecule has 1 atom stereocenters. The lowest BCUT2D eigenvalue weighted by Crippen LogP contribution is -2.47. The first-order valence-electron chi connectivity index (χ1n) is 4.35. The Bertz CT molecular complexity index is 397. The van der Waals surface area contributed by atoms with Crippen molar-refractivity contribution in [3.05, 3.63) is 48.3 Å². The number of nitrogen functional groups attached to an aromatic ring is 1. The van der Waals surface area contributed by atoms with Crippen LogP contribution in [0.3, 0.4) is 0 Å². The van der Waals surface area contributed by atoms with Gasteiger partial charge < -0.3 is 16.8 Å². The molecule has 0 saturated carbocycles. The summed E-state index contributed by atoms with van der Waals surface area (Å²) in [5.74, 6) is 0.470. The molecule has 72 valence electrons. The fourth-order valence-corrected chi connectivity index (χ4v) is 1.34. The van der Waals surface area contributed by atoms with E-state index in [1.54, 1.807) is 12.3 Å². The molecule has 4 nitrogen and oxygen atoms in total. The molecule has 1 aromatic heterocycles. The molecule has 0 spiro atoms. The largest absolute Gasteiger partial charge is 0.384 e. The fraction of sp³-hybridized carbons (Fsp3) is 0.100. The van der Waals surface area contributed by atoms with Crippen LogP contribution in [0.5, 0.6) is 0 Å². The van der Waals surface area contributed by atoms with Gasteiger partial charge in [-0.25, -0.2) is 4.98 Å². The summed E-state index contributed by atoms with van der Waals surface area (Å²) in [5, 5.41) is 3.03. The van der Waals surface area contributed by atoms with Gasteiger partial charge in [0.25, 0.3) is 0 Å². The van der Waals surface area contributed by atoms with Gasteiger partial charge in [0, 0.05) is 0 Å². The minimum absolute atomic E-state index is 0.470. The second-order valence-corrected chi connectivity index (χ2v) is 3.18. The van der Waals surface area contributed by atoms with E-state index >= 15 is 0 Å². The molecule has 4 heteroatoms. The monoisotopic (exact) mass is 188 g/mol. The highest BCUT2D eigenvalue weighted by molar-refractivity contribution is 5.35. The third-order valence-electron chi connectivity index (χ3n) is 2.08. The highest BCUT2D eigenvalue weighted by atomic mass is 15.1. The highest BCUT2D eigenvalue weighted by Crippen LogP contribution is 2.17. The van der Waals surface area contributed by atoms with Crippen molar-refractivity contribution < 1.29 is 0 Å². The lowest BCUT2D eigenvalue weighted by Gasteiger charge is -2.27. The number of allylic oxidation sites excluding steroid dienone is 2. The van der Waals surface area contributed by atoms with E-state index in [2.05, 4.69) is 10.3 Å². The van der Waals surface area contributed by atoms with Gasteiger partial charge in [0.1, 0.15) is 11.5 Å². The van der Waals surface area contributed by atoms with Crippen LogP contribution in [0.25, 0.3) is 0 Å². The quantitative estimate of drug-likeness (QED) is 0.598. The number of anilines is 1. The molecule has 5 N–H and O–H groups in total. The standard InChI is InChI=1S/C10H12N4/c11-9-5-3-4-8(14-9)10(12)6-1-2-7-13-10/h1-7,13H,12H2,(H2,11,14)/t10-/m1/s1. The van der Waals surface area contributed by atoms with E-state index in [9.17, 15) is 0 Å². The van der Waals surface area contributed by atoms with Gasteiger partial charge >= 0.3 is 0 Å². The third-order valence-corrected chi connectivity index (χ3v) is 2.08. The predicted molar refractivity (Wildman–Crippen MR) is 55.9 cm³/mol. The van der Waals surface area contributed by atoms with Crippen molar-refractivity contribution >= 4 is 5.82 Å². The van der Waals surface area contributed by atoms with Crippen LogP contribution in [-0.2, 0) is 5.66 Å². The molecule has 0 amide bonds. The lowest BCUT2D eigenvalue weighted by molar-refractivity contribution is 0.480. The normalized spacial score (nSPS) is 24.6. The summed E-state index contributed by atoms with van der Waals surface area (Å²) in [5.41, 5.74) is 11.6. The van der Waals surface area contributed by atoms with E-state index in [4.69, 9.17) is 11.5 Å². The molecule has 1 aliphatic rings. The van der Waals surface area contributed by atoms with E-state index in [0.717, 1.165) is 0 Å². The van der Waals surface area contributed by atoms with Crippen LogP contribution in [0.2, 0.25) is 0 Å². The minimum Gasteiger partial charge on any atom is -0.384 e. The first-order chi connectivity index (χ1) is 6.71. The highest BCUT2D eigenvalue weighted by Gasteiger charge is 2.25. The molecule has 2 heterocycles. The number of nitrogens with two attached hydrogens (primary N) is 2. The van der Waals surface area contributed by atoms with Crippen molar-refractivity contribution in [1.29, 1.82) is 0 Å². The smallest absolute Gasteiger partial charge is 0.149 e. The van der Waals surface area contributed by atoms with E-state index < -0.39 is 5.66 Å². The summed E-state index contributed by atoms with van der Waals surface area (Å²) < 4.78 is 0. The summed E-state index contributed by atoms with van der Waals surface area (Å²) in [6.07, 6.45) is 7.37. The molecule has 1 aromatic rings. The van der Waals surface area contributed by atoms with Crippen molar-refractivity contribution in [2.24, 2.45) is 5.73 Å². The van der Waals surface area contributed by atoms with Crippen LogP contribution in [0, 0.1) is 0 Å². The van der Waals surface area contributed by atoms with Gasteiger partial charge in [0.15, 0.2) is 0 Å². The number of hydrogen-bond donors (Lipinski definition) is 3. The Balaban J connectivity index is 2.39. The fourth-order valence-electron chi connectivity index (χ4n) is 1.34. The van der Waals surface area contributed by atoms with Gasteiger partial charge in [-0.1, -0.05) is 12.1 Å². The van der Waals surface area contributed by atoms with Crippen molar-refractivity contribution in [3.8, 4) is 0 Å². The van der Waals surface area contributed by atoms with Crippen LogP contribution in [0.4, 0.5) is 5.82 Å². The van der Waals surface area contributed by atoms with E-state index in [1.165, 1.54) is 0 Å². The molecule has 1 aliphatic heterocycles. The number of nitrogens with zero attached hydrogens (tertiary/aromatic N) is 1. The molecule has 2 rings (SSSR count). The predicted octanol–water partition coefficient (Wildman–Crippen LogP) is 0.448. The van der Waals surface area contributed by atoms with E-state index in [1.807, 2.05) is 30.4 Å². The van der Waals surface area contributed by atoms with E-state index in [0.29, 0.717) is 11.5 Å². The maximum Gasteiger partial charge on any atom is 0.149 e. The van der Waals surface area contributed by atoms with Gasteiger partial charge in [-0.2, -0.15) is 0 Å². The number of hydrogen-bond acceptors (Lipinski definition) is 4. The summed E-state index contributed by atoms with van der Waals surface area (Å²) in [4.78, 5) is 4.17. The van der Waals surface area contributed by atoms with Crippen LogP contribution >= 0.6 is 0 Å². The van der Waals surface area contributed by atoms with Gasteiger partial charge in [-0.05, 0) is 30.5 Å². The molecule has 0 unspecified atom stereocenters. The number of dihydropyridines is 1. The number of aromatic nitrogens is 1. The van der Waals surface area contributed by atoms with Gasteiger partial charge in [0.2, 0.25) is 0 Å². The Kier molecular flexibility index (Phi) is 1.98. The van der Waals surface area contributed by atoms with Crippen molar-refractivity contribution in [2.75, 3.05) is 5.73 Å². The van der Waals surface area contributed by atoms with Gasteiger partial charge in [0.05, 0.1) is 5.69 Å². The summed E-state index contributed by atoms with van der Waals surface area (Å²) in [6.45, 7) is 0. The average molecular weight is 188 g/mol. The maximum absolute atomic E-state index is 6.08. The van der Waals surface area contributed by atoms with Gasteiger partial charge in [-0.15, -0.1) is 0 Å². The molecule has 0 saturated heterocycles. The SMILES string of the molecule is Nc1cccc([C@@]2(N)C=CC=CN2)n1. The first-order valence-corrected chi connectivity index (χ1v) is 4.35. The summed E-state index contributed by atoms with van der Waals surface area (Å²) in [6, 6.07) is 5.40. The van der Waals surface area contributed by atoms with Crippen LogP contribution in [-0.4, -0.2) is 4.98 Å². The molecule has 0 aliphatic carbocycles. The number of pyridine rings is 1. The molecule has 0 aromatic carbocycles. The third kappa shape index (κ3) is 1.47. The Morgan fingerprint density at radius 2 is 2.14 bits per heavy atom. The Hall–Kier alpha value is -1.81. The number of nitrogens with one attached hydrogen (secondary N) is 1. The van der Waals surface area contributed by atoms with Crippen LogP contribution in [0.1, 0.15) is 5.69 Å². The molecular weight excluding hydrogens is 176 g/mol. The maximum atomic E-state index is 6.08. The Morgan fingerprint density at radius 1 is 1.29 bits per heavy atom. The lowest BCUT2D eigenvalue weighted by atomic mass is 10.0. The van der Waals surface area contributed by atoms with Gasteiger partial charge in [-0.3, -0.25) is 0 Å². The molecule has 0 fully saturated rings. The zero-order chi connectivity index (χ0) is 10.0. The first kappa shape index (κ1) is 8.77. The Morgan fingerprint density at radius 3 is 2.79 bits per heavy atom. The zero-order valence-corrected chi connectivity index (χ0v) is 7.64. The summed E-state index contributed by atoms with van der Waals surface area (Å²) >= 11 is 0. The minimum atomic E-state index is -0.746. The molecule has 0 bridgehead atoms. The number of rotatable bonds is 1. The zero-order valence-electron chi connectivity index (χ0n) is 7.64. The Labute approximate surface area is 82.3 Å². The second kappa shape index (κ2) is 3.16. The molecule has 14 heavy (non-hydrogen) atoms. The topological polar surface area (TPSA) is 77.0 Å². The molecular formula is C10H12N4. The molecule has 0 radical (unpaired) electrons. The summed E-state index contributed by atoms with van der Waals surface area (Å²) in [7, 11) is 0.